The molecule has 0 aromatic carbocycles. The molecule has 0 aliphatic rings. The molecule has 0 amide bonds. The van der Waals surface area contributed by atoms with Gasteiger partial charge in [-0.15, -0.1) is 11.3 Å². The fourth-order valence-corrected chi connectivity index (χ4v) is 2.67. The summed E-state index contributed by atoms with van der Waals surface area (Å²) < 4.78 is 0. The van der Waals surface area contributed by atoms with Crippen LogP contribution in [-0.2, 0) is 13.0 Å². The van der Waals surface area contributed by atoms with Crippen LogP contribution < -0.4 is 5.32 Å². The summed E-state index contributed by atoms with van der Waals surface area (Å²) in [5.74, 6) is 0.198. The highest BCUT2D eigenvalue weighted by atomic mass is 32.1. The van der Waals surface area contributed by atoms with E-state index in [0.29, 0.717) is 0 Å². The molecule has 2 aromatic heterocycles. The predicted molar refractivity (Wildman–Crippen MR) is 77.1 cm³/mol. The van der Waals surface area contributed by atoms with E-state index in [1.165, 1.54) is 4.88 Å². The Hall–Kier alpha value is -1.30. The minimum atomic E-state index is 0.172. The second-order valence-corrected chi connectivity index (χ2v) is 5.87. The van der Waals surface area contributed by atoms with Crippen molar-refractivity contribution in [2.75, 3.05) is 13.2 Å². The minimum absolute atomic E-state index is 0.172. The number of nitrogens with zero attached hydrogens (tertiary/aromatic N) is 2. The van der Waals surface area contributed by atoms with Gasteiger partial charge in [-0.2, -0.15) is 0 Å². The number of hydrogen-bond acceptors (Lipinski definition) is 5. The van der Waals surface area contributed by atoms with Crippen LogP contribution in [0.5, 0.6) is 0 Å². The van der Waals surface area contributed by atoms with Crippen molar-refractivity contribution < 1.29 is 5.11 Å². The molecule has 0 aliphatic carbocycles. The summed E-state index contributed by atoms with van der Waals surface area (Å²) in [6.07, 6.45) is 4.49. The van der Waals surface area contributed by atoms with Crippen molar-refractivity contribution in [3.05, 3.63) is 46.2 Å². The van der Waals surface area contributed by atoms with Crippen LogP contribution in [0, 0.1) is 12.8 Å². The Kier molecular flexibility index (Phi) is 5.44. The van der Waals surface area contributed by atoms with Crippen LogP contribution in [0.2, 0.25) is 0 Å². The number of nitrogens with one attached hydrogen (secondary N) is 1. The van der Waals surface area contributed by atoms with E-state index in [2.05, 4.69) is 15.3 Å². The van der Waals surface area contributed by atoms with Crippen LogP contribution in [0.4, 0.5) is 0 Å². The number of aliphatic hydroxyl groups is 1. The third-order valence-electron chi connectivity index (χ3n) is 2.88. The van der Waals surface area contributed by atoms with Crippen molar-refractivity contribution in [3.8, 4) is 0 Å². The summed E-state index contributed by atoms with van der Waals surface area (Å²) in [5.41, 5.74) is 1.02. The first-order valence-electron chi connectivity index (χ1n) is 6.40. The Morgan fingerprint density at radius 3 is 2.89 bits per heavy atom. The Bertz CT molecular complexity index is 486. The molecule has 0 saturated heterocycles. The maximum Gasteiger partial charge on any atom is 0.0897 e. The number of hydrogen-bond donors (Lipinski definition) is 2. The lowest BCUT2D eigenvalue weighted by molar-refractivity contribution is 0.221. The van der Waals surface area contributed by atoms with Gasteiger partial charge in [-0.3, -0.25) is 4.98 Å². The molecule has 0 saturated carbocycles. The molecule has 2 rings (SSSR count). The zero-order chi connectivity index (χ0) is 13.5. The van der Waals surface area contributed by atoms with Gasteiger partial charge in [-0.25, -0.2) is 4.98 Å². The molecule has 2 heterocycles. The minimum Gasteiger partial charge on any atom is -0.396 e. The molecule has 0 bridgehead atoms. The third-order valence-corrected chi connectivity index (χ3v) is 3.80. The van der Waals surface area contributed by atoms with E-state index in [0.717, 1.165) is 30.2 Å². The molecule has 4 nitrogen and oxygen atoms in total. The Balaban J connectivity index is 1.76. The topological polar surface area (TPSA) is 58.0 Å². The van der Waals surface area contributed by atoms with Gasteiger partial charge in [0.25, 0.3) is 0 Å². The van der Waals surface area contributed by atoms with Gasteiger partial charge in [0.2, 0.25) is 0 Å². The van der Waals surface area contributed by atoms with Gasteiger partial charge in [0.1, 0.15) is 0 Å². The summed E-state index contributed by atoms with van der Waals surface area (Å²) >= 11 is 1.70. The van der Waals surface area contributed by atoms with Gasteiger partial charge in [0, 0.05) is 42.7 Å². The number of thiazole rings is 1. The largest absolute Gasteiger partial charge is 0.396 e. The molecule has 0 spiro atoms. The Morgan fingerprint density at radius 2 is 2.26 bits per heavy atom. The van der Waals surface area contributed by atoms with Crippen molar-refractivity contribution in [2.45, 2.75) is 19.9 Å². The van der Waals surface area contributed by atoms with E-state index in [-0.39, 0.29) is 12.5 Å². The van der Waals surface area contributed by atoms with Crippen LogP contribution in [0.1, 0.15) is 15.6 Å². The highest BCUT2D eigenvalue weighted by molar-refractivity contribution is 7.11. The van der Waals surface area contributed by atoms with Crippen molar-refractivity contribution in [1.29, 1.82) is 0 Å². The number of aromatic nitrogens is 2. The molecular formula is C14H19N3OS. The van der Waals surface area contributed by atoms with E-state index >= 15 is 0 Å². The van der Waals surface area contributed by atoms with E-state index < -0.39 is 0 Å². The lowest BCUT2D eigenvalue weighted by Crippen LogP contribution is -2.26. The molecule has 5 heteroatoms. The molecule has 1 unspecified atom stereocenters. The first kappa shape index (κ1) is 14.1. The highest BCUT2D eigenvalue weighted by Crippen LogP contribution is 2.11. The average molecular weight is 277 g/mol. The summed E-state index contributed by atoms with van der Waals surface area (Å²) in [6.45, 7) is 3.77. The fraction of sp³-hybridized carbons (Fsp3) is 0.429. The second kappa shape index (κ2) is 7.33. The van der Waals surface area contributed by atoms with Gasteiger partial charge in [-0.1, -0.05) is 6.07 Å². The van der Waals surface area contributed by atoms with Gasteiger partial charge >= 0.3 is 0 Å². The van der Waals surface area contributed by atoms with Gasteiger partial charge in [0.15, 0.2) is 0 Å². The predicted octanol–water partition coefficient (Wildman–Crippen LogP) is 1.79. The van der Waals surface area contributed by atoms with Gasteiger partial charge < -0.3 is 10.4 Å². The van der Waals surface area contributed by atoms with Gasteiger partial charge in [-0.05, 0) is 31.4 Å². The molecule has 0 fully saturated rings. The zero-order valence-corrected chi connectivity index (χ0v) is 11.9. The molecular weight excluding hydrogens is 258 g/mol. The van der Waals surface area contributed by atoms with Crippen LogP contribution in [0.25, 0.3) is 0 Å². The highest BCUT2D eigenvalue weighted by Gasteiger charge is 2.09. The van der Waals surface area contributed by atoms with E-state index in [9.17, 15) is 5.11 Å². The number of pyridine rings is 1. The lowest BCUT2D eigenvalue weighted by atomic mass is 10.0. The van der Waals surface area contributed by atoms with Crippen LogP contribution in [0.15, 0.2) is 30.6 Å². The van der Waals surface area contributed by atoms with E-state index in [1.54, 1.807) is 17.5 Å². The van der Waals surface area contributed by atoms with Crippen molar-refractivity contribution in [2.24, 2.45) is 5.92 Å². The van der Waals surface area contributed by atoms with Crippen LogP contribution >= 0.6 is 11.3 Å². The Morgan fingerprint density at radius 1 is 1.37 bits per heavy atom. The molecule has 2 N–H and O–H groups in total. The average Bonchev–Trinajstić information content (AvgIpc) is 2.84. The number of aliphatic hydroxyl groups excluding tert-OH is 1. The van der Waals surface area contributed by atoms with Crippen LogP contribution in [-0.4, -0.2) is 28.2 Å². The van der Waals surface area contributed by atoms with E-state index in [4.69, 9.17) is 0 Å². The molecule has 19 heavy (non-hydrogen) atoms. The first-order valence-corrected chi connectivity index (χ1v) is 7.22. The maximum absolute atomic E-state index is 9.41. The van der Waals surface area contributed by atoms with Crippen molar-refractivity contribution in [1.82, 2.24) is 15.3 Å². The SMILES string of the molecule is Cc1ncc(CNCC(CO)Cc2ccccn2)s1. The zero-order valence-electron chi connectivity index (χ0n) is 11.0. The summed E-state index contributed by atoms with van der Waals surface area (Å²) in [5, 5.41) is 13.9. The van der Waals surface area contributed by atoms with Crippen molar-refractivity contribution in [3.63, 3.8) is 0 Å². The standard InChI is InChI=1S/C14H19N3OS/c1-11-17-9-14(19-11)8-15-7-12(10-18)6-13-4-2-3-5-16-13/h2-5,9,12,15,18H,6-8,10H2,1H3. The molecule has 0 radical (unpaired) electrons. The molecule has 2 aromatic rings. The fourth-order valence-electron chi connectivity index (χ4n) is 1.90. The molecule has 0 aliphatic heterocycles. The summed E-state index contributed by atoms with van der Waals surface area (Å²) in [7, 11) is 0. The normalized spacial score (nSPS) is 12.5. The quantitative estimate of drug-likeness (QED) is 0.810. The second-order valence-electron chi connectivity index (χ2n) is 4.55. The van der Waals surface area contributed by atoms with Crippen molar-refractivity contribution >= 4 is 11.3 Å². The smallest absolute Gasteiger partial charge is 0.0897 e. The summed E-state index contributed by atoms with van der Waals surface area (Å²) in [4.78, 5) is 9.74. The number of aryl methyl sites for hydroxylation is 1. The Labute approximate surface area is 117 Å². The molecule has 1 atom stereocenters. The first-order chi connectivity index (χ1) is 9.28. The number of rotatable bonds is 7. The van der Waals surface area contributed by atoms with Gasteiger partial charge in [0.05, 0.1) is 5.01 Å². The third kappa shape index (κ3) is 4.70. The lowest BCUT2D eigenvalue weighted by Gasteiger charge is -2.14. The van der Waals surface area contributed by atoms with Crippen LogP contribution in [0.3, 0.4) is 0 Å². The van der Waals surface area contributed by atoms with E-state index in [1.807, 2.05) is 31.3 Å². The maximum atomic E-state index is 9.41. The monoisotopic (exact) mass is 277 g/mol. The molecule has 102 valence electrons. The summed E-state index contributed by atoms with van der Waals surface area (Å²) in [6, 6.07) is 5.88.